The van der Waals surface area contributed by atoms with Crippen molar-refractivity contribution in [3.8, 4) is 0 Å². The van der Waals surface area contributed by atoms with Crippen LogP contribution in [0.4, 0.5) is 11.9 Å². The van der Waals surface area contributed by atoms with E-state index in [0.29, 0.717) is 24.9 Å². The van der Waals surface area contributed by atoms with Gasteiger partial charge in [0.2, 0.25) is 11.9 Å². The molecule has 1 rings (SSSR count). The van der Waals surface area contributed by atoms with Crippen LogP contribution in [0, 0.1) is 0 Å². The molecule has 1 aromatic heterocycles. The van der Waals surface area contributed by atoms with Gasteiger partial charge in [-0.15, -0.1) is 0 Å². The van der Waals surface area contributed by atoms with Gasteiger partial charge in [0.05, 0.1) is 0 Å². The van der Waals surface area contributed by atoms with Crippen molar-refractivity contribution in [1.82, 2.24) is 15.0 Å². The van der Waals surface area contributed by atoms with E-state index >= 15 is 0 Å². The van der Waals surface area contributed by atoms with Crippen molar-refractivity contribution >= 4 is 17.9 Å². The lowest BCUT2D eigenvalue weighted by Gasteiger charge is -2.14. The van der Waals surface area contributed by atoms with Gasteiger partial charge in [-0.25, -0.2) is 0 Å². The number of rotatable bonds is 7. The van der Waals surface area contributed by atoms with E-state index in [2.05, 4.69) is 20.3 Å². The third-order valence-electron chi connectivity index (χ3n) is 2.41. The molecule has 0 radical (unpaired) electrons. The standard InChI is InChI=1S/C12H21N5O2/c1-8(2)10-14-11(13-7-5-6-9(18)19)16-12(15-10)17(3)4/h8H,5-7H2,1-4H3,(H,18,19)(H,13,14,15,16). The van der Waals surface area contributed by atoms with Crippen LogP contribution < -0.4 is 10.2 Å². The normalized spacial score (nSPS) is 10.6. The molecule has 0 aliphatic rings. The Balaban J connectivity index is 2.73. The quantitative estimate of drug-likeness (QED) is 0.720. The molecule has 0 aliphatic carbocycles. The maximum absolute atomic E-state index is 10.4. The number of carboxylic acids is 1. The van der Waals surface area contributed by atoms with Gasteiger partial charge >= 0.3 is 5.97 Å². The zero-order valence-corrected chi connectivity index (χ0v) is 11.8. The number of hydrogen-bond acceptors (Lipinski definition) is 6. The molecule has 7 nitrogen and oxygen atoms in total. The van der Waals surface area contributed by atoms with Crippen LogP contribution in [0.3, 0.4) is 0 Å². The average molecular weight is 267 g/mol. The molecule has 0 fully saturated rings. The molecule has 0 aliphatic heterocycles. The van der Waals surface area contributed by atoms with E-state index < -0.39 is 5.97 Å². The summed E-state index contributed by atoms with van der Waals surface area (Å²) in [5.41, 5.74) is 0. The van der Waals surface area contributed by atoms with Crippen molar-refractivity contribution in [2.24, 2.45) is 0 Å². The number of aromatic nitrogens is 3. The van der Waals surface area contributed by atoms with Crippen LogP contribution in [-0.4, -0.2) is 46.7 Å². The first-order chi connectivity index (χ1) is 8.90. The Morgan fingerprint density at radius 2 is 2.00 bits per heavy atom. The molecule has 0 amide bonds. The Hall–Kier alpha value is -1.92. The number of anilines is 2. The maximum Gasteiger partial charge on any atom is 0.303 e. The van der Waals surface area contributed by atoms with Crippen LogP contribution in [0.1, 0.15) is 38.4 Å². The van der Waals surface area contributed by atoms with Gasteiger partial charge in [0.25, 0.3) is 0 Å². The Labute approximate surface area is 113 Å². The summed E-state index contributed by atoms with van der Waals surface area (Å²) in [5, 5.41) is 11.6. The van der Waals surface area contributed by atoms with Gasteiger partial charge in [0.15, 0.2) is 0 Å². The molecule has 0 bridgehead atoms. The van der Waals surface area contributed by atoms with Crippen LogP contribution in [0.25, 0.3) is 0 Å². The third kappa shape index (κ3) is 5.07. The molecule has 19 heavy (non-hydrogen) atoms. The fraction of sp³-hybridized carbons (Fsp3) is 0.667. The highest BCUT2D eigenvalue weighted by Crippen LogP contribution is 2.14. The summed E-state index contributed by atoms with van der Waals surface area (Å²) < 4.78 is 0. The summed E-state index contributed by atoms with van der Waals surface area (Å²) in [6, 6.07) is 0. The highest BCUT2D eigenvalue weighted by atomic mass is 16.4. The van der Waals surface area contributed by atoms with Gasteiger partial charge in [-0.1, -0.05) is 13.8 Å². The van der Waals surface area contributed by atoms with Crippen molar-refractivity contribution in [3.63, 3.8) is 0 Å². The lowest BCUT2D eigenvalue weighted by atomic mass is 10.2. The number of nitrogens with one attached hydrogen (secondary N) is 1. The molecule has 0 spiro atoms. The number of nitrogens with zero attached hydrogens (tertiary/aromatic N) is 4. The number of aliphatic carboxylic acids is 1. The first kappa shape index (κ1) is 15.1. The summed E-state index contributed by atoms with van der Waals surface area (Å²) in [7, 11) is 3.74. The first-order valence-electron chi connectivity index (χ1n) is 6.29. The molecule has 2 N–H and O–H groups in total. The molecule has 1 heterocycles. The fourth-order valence-corrected chi connectivity index (χ4v) is 1.36. The Kier molecular flexibility index (Phi) is 5.47. The Morgan fingerprint density at radius 3 is 2.53 bits per heavy atom. The zero-order chi connectivity index (χ0) is 14.4. The number of carbonyl (C=O) groups is 1. The third-order valence-corrected chi connectivity index (χ3v) is 2.41. The van der Waals surface area contributed by atoms with Crippen molar-refractivity contribution < 1.29 is 9.90 Å². The van der Waals surface area contributed by atoms with Gasteiger partial charge in [0, 0.05) is 33.0 Å². The molecule has 7 heteroatoms. The fourth-order valence-electron chi connectivity index (χ4n) is 1.36. The SMILES string of the molecule is CC(C)c1nc(NCCCC(=O)O)nc(N(C)C)n1. The van der Waals surface area contributed by atoms with Gasteiger partial charge < -0.3 is 15.3 Å². The van der Waals surface area contributed by atoms with Crippen LogP contribution in [0.2, 0.25) is 0 Å². The van der Waals surface area contributed by atoms with E-state index in [0.717, 1.165) is 5.82 Å². The minimum atomic E-state index is -0.797. The van der Waals surface area contributed by atoms with Crippen molar-refractivity contribution in [2.45, 2.75) is 32.6 Å². The first-order valence-corrected chi connectivity index (χ1v) is 6.29. The van der Waals surface area contributed by atoms with Crippen LogP contribution in [0.15, 0.2) is 0 Å². The number of carboxylic acid groups (broad SMARTS) is 1. The predicted octanol–water partition coefficient (Wildman–Crippen LogP) is 1.34. The van der Waals surface area contributed by atoms with E-state index in [1.807, 2.05) is 32.8 Å². The highest BCUT2D eigenvalue weighted by molar-refractivity contribution is 5.66. The second kappa shape index (κ2) is 6.86. The van der Waals surface area contributed by atoms with Gasteiger partial charge in [-0.05, 0) is 6.42 Å². The molecule has 106 valence electrons. The molecule has 0 saturated heterocycles. The van der Waals surface area contributed by atoms with Crippen molar-refractivity contribution in [2.75, 3.05) is 30.9 Å². The van der Waals surface area contributed by atoms with Crippen molar-refractivity contribution in [1.29, 1.82) is 0 Å². The summed E-state index contributed by atoms with van der Waals surface area (Å²) in [6.45, 7) is 4.56. The molecular formula is C12H21N5O2. The van der Waals surface area contributed by atoms with E-state index in [-0.39, 0.29) is 12.3 Å². The predicted molar refractivity (Wildman–Crippen MR) is 73.6 cm³/mol. The summed E-state index contributed by atoms with van der Waals surface area (Å²) in [6.07, 6.45) is 0.672. The summed E-state index contributed by atoms with van der Waals surface area (Å²) >= 11 is 0. The molecule has 0 unspecified atom stereocenters. The van der Waals surface area contributed by atoms with Crippen molar-refractivity contribution in [3.05, 3.63) is 5.82 Å². The highest BCUT2D eigenvalue weighted by Gasteiger charge is 2.10. The minimum Gasteiger partial charge on any atom is -0.481 e. The summed E-state index contributed by atoms with van der Waals surface area (Å²) in [4.78, 5) is 25.2. The topological polar surface area (TPSA) is 91.2 Å². The van der Waals surface area contributed by atoms with Crippen LogP contribution >= 0.6 is 0 Å². The minimum absolute atomic E-state index is 0.135. The van der Waals surface area contributed by atoms with Gasteiger partial charge in [-0.2, -0.15) is 15.0 Å². The van der Waals surface area contributed by atoms with E-state index in [1.165, 1.54) is 0 Å². The van der Waals surface area contributed by atoms with Crippen LogP contribution in [0.5, 0.6) is 0 Å². The lowest BCUT2D eigenvalue weighted by Crippen LogP contribution is -2.17. The molecule has 0 atom stereocenters. The summed E-state index contributed by atoms with van der Waals surface area (Å²) in [5.74, 6) is 1.22. The Bertz CT molecular complexity index is 408. The number of hydrogen-bond donors (Lipinski definition) is 2. The molecular weight excluding hydrogens is 246 g/mol. The van der Waals surface area contributed by atoms with Gasteiger partial charge in [-0.3, -0.25) is 4.79 Å². The average Bonchev–Trinajstić information content (AvgIpc) is 2.34. The lowest BCUT2D eigenvalue weighted by molar-refractivity contribution is -0.137. The maximum atomic E-state index is 10.4. The molecule has 0 saturated carbocycles. The zero-order valence-electron chi connectivity index (χ0n) is 11.8. The molecule has 1 aromatic rings. The largest absolute Gasteiger partial charge is 0.481 e. The second-order valence-corrected chi connectivity index (χ2v) is 4.79. The monoisotopic (exact) mass is 267 g/mol. The van der Waals surface area contributed by atoms with E-state index in [4.69, 9.17) is 5.11 Å². The smallest absolute Gasteiger partial charge is 0.303 e. The second-order valence-electron chi connectivity index (χ2n) is 4.79. The van der Waals surface area contributed by atoms with Crippen LogP contribution in [-0.2, 0) is 4.79 Å². The van der Waals surface area contributed by atoms with Gasteiger partial charge in [0.1, 0.15) is 5.82 Å². The Morgan fingerprint density at radius 1 is 1.32 bits per heavy atom. The van der Waals surface area contributed by atoms with E-state index in [1.54, 1.807) is 0 Å². The molecule has 0 aromatic carbocycles. The van der Waals surface area contributed by atoms with E-state index in [9.17, 15) is 4.79 Å².